The molecule has 8 atom stereocenters. The summed E-state index contributed by atoms with van der Waals surface area (Å²) in [6, 6.07) is 3.92. The summed E-state index contributed by atoms with van der Waals surface area (Å²) in [5.74, 6) is 2.61. The lowest BCUT2D eigenvalue weighted by atomic mass is 9.43. The first-order valence-electron chi connectivity index (χ1n) is 12.7. The molecule has 0 saturated heterocycles. The van der Waals surface area contributed by atoms with Crippen LogP contribution in [0.5, 0.6) is 0 Å². The standard InChI is InChI=1S/C27H38F3NO/c1-24-11-10-23-21(22(24)8-6-18(24)9-12-27(28,29)30)7-5-19-16-26(32,14-13-25(19,23)2)20-4-3-15-31-17-20/h3-4,15,17-19,21-23,32H,5-14,16H2,1-2H3. The largest absolute Gasteiger partial charge is 0.389 e. The van der Waals surface area contributed by atoms with Crippen molar-refractivity contribution in [2.45, 2.75) is 96.3 Å². The molecular weight excluding hydrogens is 411 g/mol. The van der Waals surface area contributed by atoms with Gasteiger partial charge in [-0.05, 0) is 111 Å². The van der Waals surface area contributed by atoms with Crippen molar-refractivity contribution in [2.24, 2.45) is 40.4 Å². The van der Waals surface area contributed by atoms with Gasteiger partial charge in [0.2, 0.25) is 0 Å². The van der Waals surface area contributed by atoms with E-state index in [1.807, 2.05) is 18.3 Å². The van der Waals surface area contributed by atoms with Gasteiger partial charge < -0.3 is 5.11 Å². The van der Waals surface area contributed by atoms with E-state index in [1.165, 1.54) is 6.42 Å². The molecule has 4 fully saturated rings. The van der Waals surface area contributed by atoms with E-state index in [-0.39, 0.29) is 16.7 Å². The van der Waals surface area contributed by atoms with Crippen LogP contribution in [-0.2, 0) is 5.60 Å². The van der Waals surface area contributed by atoms with Crippen molar-refractivity contribution in [3.8, 4) is 0 Å². The molecular formula is C27H38F3NO. The maximum absolute atomic E-state index is 12.9. The van der Waals surface area contributed by atoms with Crippen molar-refractivity contribution in [3.05, 3.63) is 30.1 Å². The van der Waals surface area contributed by atoms with Gasteiger partial charge in [0.05, 0.1) is 5.60 Å². The van der Waals surface area contributed by atoms with Gasteiger partial charge in [0.15, 0.2) is 0 Å². The molecule has 4 aliphatic rings. The van der Waals surface area contributed by atoms with E-state index in [4.69, 9.17) is 0 Å². The number of aromatic nitrogens is 1. The highest BCUT2D eigenvalue weighted by Crippen LogP contribution is 2.69. The van der Waals surface area contributed by atoms with Gasteiger partial charge in [-0.3, -0.25) is 4.98 Å². The number of hydrogen-bond donors (Lipinski definition) is 1. The highest BCUT2D eigenvalue weighted by Gasteiger charge is 2.61. The van der Waals surface area contributed by atoms with Crippen LogP contribution in [0.3, 0.4) is 0 Å². The second-order valence-corrected chi connectivity index (χ2v) is 12.1. The lowest BCUT2D eigenvalue weighted by Gasteiger charge is -2.62. The van der Waals surface area contributed by atoms with Crippen LogP contribution >= 0.6 is 0 Å². The summed E-state index contributed by atoms with van der Waals surface area (Å²) in [5, 5.41) is 11.5. The predicted octanol–water partition coefficient (Wildman–Crippen LogP) is 7.27. The number of aliphatic hydroxyl groups is 1. The average molecular weight is 450 g/mol. The molecule has 8 unspecified atom stereocenters. The van der Waals surface area contributed by atoms with Gasteiger partial charge in [-0.1, -0.05) is 19.9 Å². The molecule has 32 heavy (non-hydrogen) atoms. The maximum Gasteiger partial charge on any atom is 0.389 e. The van der Waals surface area contributed by atoms with Crippen LogP contribution in [0.1, 0.15) is 90.0 Å². The third kappa shape index (κ3) is 3.61. The quantitative estimate of drug-likeness (QED) is 0.526. The SMILES string of the molecule is CC12CCC3C(CCC4CC(O)(c5cccnc5)CCC43C)C1CCC2CCC(F)(F)F. The lowest BCUT2D eigenvalue weighted by molar-refractivity contribution is -0.158. The topological polar surface area (TPSA) is 33.1 Å². The molecule has 0 bridgehead atoms. The van der Waals surface area contributed by atoms with Crippen LogP contribution < -0.4 is 0 Å². The number of hydrogen-bond acceptors (Lipinski definition) is 2. The Morgan fingerprint density at radius 2 is 1.78 bits per heavy atom. The Hall–Kier alpha value is -1.10. The van der Waals surface area contributed by atoms with Crippen molar-refractivity contribution < 1.29 is 18.3 Å². The summed E-state index contributed by atoms with van der Waals surface area (Å²) in [4.78, 5) is 4.24. The Morgan fingerprint density at radius 1 is 1.00 bits per heavy atom. The second kappa shape index (κ2) is 7.71. The second-order valence-electron chi connectivity index (χ2n) is 12.1. The van der Waals surface area contributed by atoms with Gasteiger partial charge in [0, 0.05) is 24.4 Å². The Labute approximate surface area is 190 Å². The summed E-state index contributed by atoms with van der Waals surface area (Å²) in [5.41, 5.74) is 0.497. The molecule has 1 N–H and O–H groups in total. The third-order valence-electron chi connectivity index (χ3n) is 10.9. The van der Waals surface area contributed by atoms with Crippen LogP contribution in [0.4, 0.5) is 13.2 Å². The first-order valence-corrected chi connectivity index (χ1v) is 12.7. The van der Waals surface area contributed by atoms with E-state index >= 15 is 0 Å². The predicted molar refractivity (Wildman–Crippen MR) is 119 cm³/mol. The van der Waals surface area contributed by atoms with Crippen LogP contribution in [0.2, 0.25) is 0 Å². The van der Waals surface area contributed by atoms with E-state index in [0.717, 1.165) is 56.9 Å². The summed E-state index contributed by atoms with van der Waals surface area (Å²) < 4.78 is 38.8. The minimum atomic E-state index is -4.04. The molecule has 1 aromatic rings. The van der Waals surface area contributed by atoms with Gasteiger partial charge in [0.25, 0.3) is 0 Å². The van der Waals surface area contributed by atoms with Crippen LogP contribution in [-0.4, -0.2) is 16.3 Å². The molecule has 4 aliphatic carbocycles. The van der Waals surface area contributed by atoms with Gasteiger partial charge in [-0.2, -0.15) is 13.2 Å². The molecule has 0 spiro atoms. The molecule has 0 aliphatic heterocycles. The average Bonchev–Trinajstić information content (AvgIpc) is 3.09. The van der Waals surface area contributed by atoms with Crippen LogP contribution in [0.25, 0.3) is 0 Å². The minimum Gasteiger partial charge on any atom is -0.385 e. The fourth-order valence-corrected chi connectivity index (χ4v) is 9.07. The van der Waals surface area contributed by atoms with Crippen molar-refractivity contribution in [3.63, 3.8) is 0 Å². The zero-order valence-corrected chi connectivity index (χ0v) is 19.5. The monoisotopic (exact) mass is 449 g/mol. The number of alkyl halides is 3. The Bertz CT molecular complexity index is 828. The Balaban J connectivity index is 1.33. The van der Waals surface area contributed by atoms with Crippen molar-refractivity contribution in [2.75, 3.05) is 0 Å². The first kappa shape index (κ1) is 22.7. The van der Waals surface area contributed by atoms with Crippen molar-refractivity contribution in [1.82, 2.24) is 4.98 Å². The minimum absolute atomic E-state index is 0.0841. The fraction of sp³-hybridized carbons (Fsp3) is 0.815. The molecule has 0 radical (unpaired) electrons. The molecule has 0 aromatic carbocycles. The van der Waals surface area contributed by atoms with E-state index in [2.05, 4.69) is 18.8 Å². The number of halogens is 3. The highest BCUT2D eigenvalue weighted by molar-refractivity contribution is 5.21. The van der Waals surface area contributed by atoms with Crippen molar-refractivity contribution >= 4 is 0 Å². The van der Waals surface area contributed by atoms with Crippen LogP contribution in [0.15, 0.2) is 24.5 Å². The smallest absolute Gasteiger partial charge is 0.385 e. The van der Waals surface area contributed by atoms with E-state index in [0.29, 0.717) is 30.1 Å². The lowest BCUT2D eigenvalue weighted by Crippen LogP contribution is -2.55. The van der Waals surface area contributed by atoms with E-state index < -0.39 is 18.2 Å². The normalized spacial score (nSPS) is 46.2. The first-order chi connectivity index (χ1) is 15.1. The fourth-order valence-electron chi connectivity index (χ4n) is 9.07. The van der Waals surface area contributed by atoms with E-state index in [1.54, 1.807) is 6.20 Å². The Kier molecular flexibility index (Phi) is 5.47. The summed E-state index contributed by atoms with van der Waals surface area (Å²) in [6.45, 7) is 4.79. The van der Waals surface area contributed by atoms with Crippen LogP contribution in [0, 0.1) is 40.4 Å². The molecule has 5 rings (SSSR count). The molecule has 1 aromatic heterocycles. The zero-order valence-electron chi connectivity index (χ0n) is 19.5. The van der Waals surface area contributed by atoms with Crippen molar-refractivity contribution in [1.29, 1.82) is 0 Å². The molecule has 1 heterocycles. The number of pyridine rings is 1. The Morgan fingerprint density at radius 3 is 2.50 bits per heavy atom. The molecule has 178 valence electrons. The molecule has 2 nitrogen and oxygen atoms in total. The molecule has 4 saturated carbocycles. The van der Waals surface area contributed by atoms with Gasteiger partial charge in [-0.15, -0.1) is 0 Å². The summed E-state index contributed by atoms with van der Waals surface area (Å²) in [7, 11) is 0. The van der Waals surface area contributed by atoms with Gasteiger partial charge >= 0.3 is 6.18 Å². The number of nitrogens with zero attached hydrogens (tertiary/aromatic N) is 1. The van der Waals surface area contributed by atoms with Gasteiger partial charge in [0.1, 0.15) is 0 Å². The highest BCUT2D eigenvalue weighted by atomic mass is 19.4. The molecule has 0 amide bonds. The number of fused-ring (bicyclic) bond motifs is 5. The number of rotatable bonds is 3. The van der Waals surface area contributed by atoms with Gasteiger partial charge in [-0.25, -0.2) is 0 Å². The summed E-state index contributed by atoms with van der Waals surface area (Å²) in [6.07, 6.45) is 8.49. The maximum atomic E-state index is 12.9. The third-order valence-corrected chi connectivity index (χ3v) is 10.9. The summed E-state index contributed by atoms with van der Waals surface area (Å²) >= 11 is 0. The molecule has 5 heteroatoms. The zero-order chi connectivity index (χ0) is 22.8. The van der Waals surface area contributed by atoms with E-state index in [9.17, 15) is 18.3 Å².